The molecule has 5 nitrogen and oxygen atoms in total. The smallest absolute Gasteiger partial charge is 0.375 e. The van der Waals surface area contributed by atoms with Gasteiger partial charge in [-0.05, 0) is 53.2 Å². The third-order valence-corrected chi connectivity index (χ3v) is 3.60. The number of hydrogen-bond acceptors (Lipinski definition) is 4. The first-order valence-corrected chi connectivity index (χ1v) is 7.64. The van der Waals surface area contributed by atoms with E-state index in [9.17, 15) is 9.59 Å². The van der Waals surface area contributed by atoms with Gasteiger partial charge in [-0.1, -0.05) is 23.2 Å². The molecule has 1 N–H and O–H groups in total. The maximum atomic E-state index is 12.0. The van der Waals surface area contributed by atoms with E-state index >= 15 is 0 Å². The van der Waals surface area contributed by atoms with Crippen molar-refractivity contribution in [2.75, 3.05) is 5.32 Å². The van der Waals surface area contributed by atoms with Gasteiger partial charge in [0, 0.05) is 5.02 Å². The van der Waals surface area contributed by atoms with Crippen LogP contribution in [0.3, 0.4) is 0 Å². The number of carbonyl (C=O) groups is 2. The molecule has 2 rings (SSSR count). The van der Waals surface area contributed by atoms with Gasteiger partial charge in [-0.2, -0.15) is 0 Å². The topological polar surface area (TPSA) is 68.5 Å². The van der Waals surface area contributed by atoms with E-state index in [1.54, 1.807) is 18.2 Å². The highest BCUT2D eigenvalue weighted by Crippen LogP contribution is 2.25. The molecule has 0 aliphatic rings. The van der Waals surface area contributed by atoms with Crippen LogP contribution in [0.4, 0.5) is 5.69 Å². The molecule has 1 aromatic carbocycles. The lowest BCUT2D eigenvalue weighted by Gasteiger charge is -2.13. The van der Waals surface area contributed by atoms with Gasteiger partial charge in [0.15, 0.2) is 10.8 Å². The second kappa shape index (κ2) is 7.17. The molecule has 0 unspecified atom stereocenters. The fraction of sp³-hybridized carbons (Fsp3) is 0.143. The third kappa shape index (κ3) is 4.25. The fourth-order valence-electron chi connectivity index (χ4n) is 1.52. The fourth-order valence-corrected chi connectivity index (χ4v) is 2.17. The molecule has 1 heterocycles. The minimum absolute atomic E-state index is 0.00712. The maximum Gasteiger partial charge on any atom is 0.375 e. The van der Waals surface area contributed by atoms with Crippen LogP contribution in [0.5, 0.6) is 0 Å². The first-order valence-electron chi connectivity index (χ1n) is 6.09. The van der Waals surface area contributed by atoms with Crippen molar-refractivity contribution in [3.8, 4) is 0 Å². The number of amides is 1. The summed E-state index contributed by atoms with van der Waals surface area (Å²) in [5.41, 5.74) is 0.336. The summed E-state index contributed by atoms with van der Waals surface area (Å²) in [6, 6.07) is 7.63. The van der Waals surface area contributed by atoms with E-state index in [-0.39, 0.29) is 5.76 Å². The average molecular weight is 407 g/mol. The van der Waals surface area contributed by atoms with E-state index in [0.717, 1.165) is 0 Å². The van der Waals surface area contributed by atoms with Crippen molar-refractivity contribution in [2.24, 2.45) is 0 Å². The first kappa shape index (κ1) is 16.9. The van der Waals surface area contributed by atoms with Gasteiger partial charge >= 0.3 is 5.97 Å². The van der Waals surface area contributed by atoms with E-state index in [4.69, 9.17) is 32.4 Å². The van der Waals surface area contributed by atoms with Crippen molar-refractivity contribution in [1.29, 1.82) is 0 Å². The van der Waals surface area contributed by atoms with Crippen molar-refractivity contribution in [2.45, 2.75) is 13.0 Å². The predicted molar refractivity (Wildman–Crippen MR) is 86.4 cm³/mol. The Kier molecular flexibility index (Phi) is 5.50. The SMILES string of the molecule is C[C@H](OC(=O)c1ccc(Br)o1)C(=O)Nc1cc(Cl)ccc1Cl. The van der Waals surface area contributed by atoms with Gasteiger partial charge in [-0.15, -0.1) is 0 Å². The summed E-state index contributed by atoms with van der Waals surface area (Å²) >= 11 is 14.9. The number of nitrogens with one attached hydrogen (secondary N) is 1. The highest BCUT2D eigenvalue weighted by molar-refractivity contribution is 9.10. The summed E-state index contributed by atoms with van der Waals surface area (Å²) in [6.07, 6.45) is -1.04. The zero-order valence-electron chi connectivity index (χ0n) is 11.2. The van der Waals surface area contributed by atoms with Gasteiger partial charge in [0.1, 0.15) is 0 Å². The van der Waals surface area contributed by atoms with Crippen LogP contribution in [-0.2, 0) is 9.53 Å². The molecule has 1 aromatic heterocycles. The number of ether oxygens (including phenoxy) is 1. The van der Waals surface area contributed by atoms with E-state index in [1.165, 1.54) is 19.1 Å². The Morgan fingerprint density at radius 1 is 1.27 bits per heavy atom. The number of esters is 1. The molecule has 0 radical (unpaired) electrons. The predicted octanol–water partition coefficient (Wildman–Crippen LogP) is 4.53. The monoisotopic (exact) mass is 405 g/mol. The van der Waals surface area contributed by atoms with Gasteiger partial charge in [-0.25, -0.2) is 4.79 Å². The summed E-state index contributed by atoms with van der Waals surface area (Å²) in [5, 5.41) is 3.29. The van der Waals surface area contributed by atoms with Crippen LogP contribution >= 0.6 is 39.1 Å². The van der Waals surface area contributed by atoms with Crippen molar-refractivity contribution in [3.05, 3.63) is 50.8 Å². The van der Waals surface area contributed by atoms with E-state index in [0.29, 0.717) is 20.4 Å². The quantitative estimate of drug-likeness (QED) is 0.757. The molecule has 116 valence electrons. The van der Waals surface area contributed by atoms with E-state index < -0.39 is 18.0 Å². The summed E-state index contributed by atoms with van der Waals surface area (Å²) in [4.78, 5) is 23.8. The first-order chi connectivity index (χ1) is 10.4. The van der Waals surface area contributed by atoms with Crippen LogP contribution in [0, 0.1) is 0 Å². The molecule has 0 aliphatic heterocycles. The summed E-state index contributed by atoms with van der Waals surface area (Å²) in [6.45, 7) is 1.43. The minimum Gasteiger partial charge on any atom is -0.447 e. The molecular formula is C14H10BrCl2NO4. The molecule has 0 bridgehead atoms. The molecule has 0 spiro atoms. The Balaban J connectivity index is 2.00. The van der Waals surface area contributed by atoms with Crippen LogP contribution in [0.15, 0.2) is 39.4 Å². The van der Waals surface area contributed by atoms with E-state index in [1.807, 2.05) is 0 Å². The van der Waals surface area contributed by atoms with Gasteiger partial charge < -0.3 is 14.5 Å². The minimum atomic E-state index is -1.04. The standard InChI is InChI=1S/C14H10BrCl2NO4/c1-7(21-14(20)11-4-5-12(15)22-11)13(19)18-10-6-8(16)2-3-9(10)17/h2-7H,1H3,(H,18,19)/t7-/m0/s1. The van der Waals surface area contributed by atoms with Crippen molar-refractivity contribution in [3.63, 3.8) is 0 Å². The lowest BCUT2D eigenvalue weighted by molar-refractivity contribution is -0.123. The largest absolute Gasteiger partial charge is 0.447 e. The molecule has 0 aliphatic carbocycles. The second-order valence-electron chi connectivity index (χ2n) is 4.26. The maximum absolute atomic E-state index is 12.0. The number of carbonyl (C=O) groups excluding carboxylic acids is 2. The van der Waals surface area contributed by atoms with Crippen LogP contribution in [0.2, 0.25) is 10.0 Å². The lowest BCUT2D eigenvalue weighted by Crippen LogP contribution is -2.30. The Bertz CT molecular complexity index is 717. The molecular weight excluding hydrogens is 397 g/mol. The number of anilines is 1. The number of hydrogen-bond donors (Lipinski definition) is 1. The summed E-state index contributed by atoms with van der Waals surface area (Å²) in [5.74, 6) is -1.29. The van der Waals surface area contributed by atoms with Crippen LogP contribution in [0.25, 0.3) is 0 Å². The molecule has 0 fully saturated rings. The molecule has 1 atom stereocenters. The molecule has 1 amide bonds. The Labute approximate surface area is 144 Å². The van der Waals surface area contributed by atoms with Crippen LogP contribution in [-0.4, -0.2) is 18.0 Å². The zero-order chi connectivity index (χ0) is 16.3. The van der Waals surface area contributed by atoms with Gasteiger partial charge in [0.05, 0.1) is 10.7 Å². The molecule has 0 saturated carbocycles. The van der Waals surface area contributed by atoms with Crippen LogP contribution in [0.1, 0.15) is 17.5 Å². The summed E-state index contributed by atoms with van der Waals surface area (Å²) in [7, 11) is 0. The van der Waals surface area contributed by atoms with Gasteiger partial charge in [0.2, 0.25) is 5.76 Å². The molecule has 2 aromatic rings. The number of rotatable bonds is 4. The molecule has 22 heavy (non-hydrogen) atoms. The van der Waals surface area contributed by atoms with Crippen molar-refractivity contribution < 1.29 is 18.7 Å². The Hall–Kier alpha value is -1.50. The van der Waals surface area contributed by atoms with E-state index in [2.05, 4.69) is 21.2 Å². The number of benzene rings is 1. The number of halogens is 3. The molecule has 0 saturated heterocycles. The lowest BCUT2D eigenvalue weighted by atomic mass is 10.3. The van der Waals surface area contributed by atoms with Gasteiger partial charge in [-0.3, -0.25) is 4.79 Å². The molecule has 8 heteroatoms. The van der Waals surface area contributed by atoms with Crippen molar-refractivity contribution in [1.82, 2.24) is 0 Å². The number of furan rings is 1. The Morgan fingerprint density at radius 2 is 2.00 bits per heavy atom. The van der Waals surface area contributed by atoms with Crippen LogP contribution < -0.4 is 5.32 Å². The summed E-state index contributed by atoms with van der Waals surface area (Å²) < 4.78 is 10.5. The Morgan fingerprint density at radius 3 is 2.64 bits per heavy atom. The van der Waals surface area contributed by atoms with Gasteiger partial charge in [0.25, 0.3) is 5.91 Å². The van der Waals surface area contributed by atoms with Crippen molar-refractivity contribution >= 4 is 56.7 Å². The average Bonchev–Trinajstić information content (AvgIpc) is 2.89. The highest BCUT2D eigenvalue weighted by Gasteiger charge is 2.21. The highest BCUT2D eigenvalue weighted by atomic mass is 79.9. The third-order valence-electron chi connectivity index (χ3n) is 2.61. The second-order valence-corrected chi connectivity index (χ2v) is 5.89. The normalized spacial score (nSPS) is 11.8. The zero-order valence-corrected chi connectivity index (χ0v) is 14.3.